The normalized spacial score (nSPS) is 40.2. The second-order valence-corrected chi connectivity index (χ2v) is 21.6. The number of cyclic esters (lactones) is 1. The van der Waals surface area contributed by atoms with E-state index in [2.05, 4.69) is 10.6 Å². The Morgan fingerprint density at radius 3 is 2.26 bits per heavy atom. The molecular formula is C49H78Cl2N4O15. The van der Waals surface area contributed by atoms with Crippen molar-refractivity contribution in [3.63, 3.8) is 0 Å². The molecule has 1 aromatic rings. The molecule has 19 nitrogen and oxygen atoms in total. The minimum atomic E-state index is -1.63. The van der Waals surface area contributed by atoms with Crippen LogP contribution in [0.4, 0.5) is 9.59 Å². The molecule has 0 aromatic heterocycles. The van der Waals surface area contributed by atoms with E-state index in [0.29, 0.717) is 18.0 Å². The number of carbonyl (C=O) groups excluding carboxylic acids is 4. The highest BCUT2D eigenvalue weighted by Gasteiger charge is 2.58. The van der Waals surface area contributed by atoms with Gasteiger partial charge in [0.1, 0.15) is 17.8 Å². The van der Waals surface area contributed by atoms with Crippen LogP contribution in [0.2, 0.25) is 10.0 Å². The molecule has 4 heterocycles. The van der Waals surface area contributed by atoms with Gasteiger partial charge in [-0.1, -0.05) is 44.0 Å². The minimum Gasteiger partial charge on any atom is -0.458 e. The van der Waals surface area contributed by atoms with E-state index in [1.54, 1.807) is 47.6 Å². The Labute approximate surface area is 423 Å². The fourth-order valence-electron chi connectivity index (χ4n) is 10.8. The van der Waals surface area contributed by atoms with Gasteiger partial charge in [0.25, 0.3) is 5.91 Å². The van der Waals surface area contributed by atoms with E-state index in [0.717, 1.165) is 0 Å². The van der Waals surface area contributed by atoms with Crippen LogP contribution in [0.3, 0.4) is 0 Å². The Kier molecular flexibility index (Phi) is 19.7. The van der Waals surface area contributed by atoms with Crippen LogP contribution in [0.1, 0.15) is 105 Å². The van der Waals surface area contributed by atoms with E-state index >= 15 is 0 Å². The fraction of sp³-hybridized carbons (Fsp3) is 0.796. The Balaban J connectivity index is 1.44. The highest BCUT2D eigenvalue weighted by atomic mass is 35.5. The lowest BCUT2D eigenvalue weighted by atomic mass is 9.77. The summed E-state index contributed by atoms with van der Waals surface area (Å²) in [7, 11) is 7.12. The van der Waals surface area contributed by atoms with Gasteiger partial charge in [-0.3, -0.25) is 14.5 Å². The van der Waals surface area contributed by atoms with E-state index in [9.17, 15) is 29.4 Å². The van der Waals surface area contributed by atoms with Crippen LogP contribution in [0, 0.1) is 17.8 Å². The van der Waals surface area contributed by atoms with Crippen molar-refractivity contribution in [2.45, 2.75) is 185 Å². The summed E-state index contributed by atoms with van der Waals surface area (Å²) in [5.74, 6) is -3.23. The number of aliphatic hydroxyl groups is 2. The van der Waals surface area contributed by atoms with Crippen molar-refractivity contribution in [2.75, 3.05) is 47.9 Å². The van der Waals surface area contributed by atoms with Crippen molar-refractivity contribution in [1.29, 1.82) is 0 Å². The highest BCUT2D eigenvalue weighted by molar-refractivity contribution is 6.36. The molecule has 0 unspecified atom stereocenters. The quantitative estimate of drug-likeness (QED) is 0.114. The van der Waals surface area contributed by atoms with Crippen LogP contribution in [-0.2, 0) is 47.4 Å². The molecule has 4 N–H and O–H groups in total. The zero-order chi connectivity index (χ0) is 52.2. The number of amides is 2. The van der Waals surface area contributed by atoms with Crippen molar-refractivity contribution in [1.82, 2.24) is 20.4 Å². The minimum absolute atomic E-state index is 0.00889. The van der Waals surface area contributed by atoms with Gasteiger partial charge < -0.3 is 68.4 Å². The number of nitrogens with zero attached hydrogens (tertiary/aromatic N) is 2. The van der Waals surface area contributed by atoms with Gasteiger partial charge in [-0.25, -0.2) is 9.59 Å². The molecule has 1 aromatic carbocycles. The van der Waals surface area contributed by atoms with Gasteiger partial charge >= 0.3 is 18.2 Å². The molecular weight excluding hydrogens is 955 g/mol. The monoisotopic (exact) mass is 1030 g/mol. The predicted molar refractivity (Wildman–Crippen MR) is 258 cm³/mol. The fourth-order valence-corrected chi connectivity index (χ4v) is 11.3. The smallest absolute Gasteiger partial charge is 0.458 e. The van der Waals surface area contributed by atoms with Gasteiger partial charge in [0.05, 0.1) is 46.5 Å². The third kappa shape index (κ3) is 13.4. The number of hydrogen-bond acceptors (Lipinski definition) is 17. The molecule has 5 rings (SSSR count). The number of esters is 1. The lowest BCUT2D eigenvalue weighted by Gasteiger charge is -2.49. The Bertz CT molecular complexity index is 1970. The molecule has 4 aliphatic rings. The molecule has 0 bridgehead atoms. The predicted octanol–water partition coefficient (Wildman–Crippen LogP) is 5.55. The van der Waals surface area contributed by atoms with Gasteiger partial charge in [0.2, 0.25) is 0 Å². The second kappa shape index (κ2) is 23.9. The van der Waals surface area contributed by atoms with Gasteiger partial charge in [-0.05, 0) is 113 Å². The maximum absolute atomic E-state index is 14.7. The standard InChI is InChI=1S/C49H78Cl2N4O15/c1-15-35-49(10)40(69-46(60)70-49)29(6)55(13)24-25(2)22-47(8,61)39(67-44-37(56)34(54(11)12)20-26(3)63-44)27(4)38(28(5)43(58)65-35)66-36-23-48(9,62-14)41(30(7)64-36)68-45(59)53-19-18-52-42(57)32-17-16-31(50)21-33(32)51/h16-17,21,25-30,34-41,44,56,61H,15,18-20,22-24H2,1-14H3,(H,52,57)(H,53,59)/t25-,26-,27+,28-,29-,30+,34+,35-,36+,37-,38+,39-,40-,41+,44+,47-,48-,49-/m1/s1. The molecule has 4 fully saturated rings. The molecule has 0 radical (unpaired) electrons. The van der Waals surface area contributed by atoms with Gasteiger partial charge in [0, 0.05) is 56.2 Å². The van der Waals surface area contributed by atoms with E-state index in [4.69, 9.17) is 65.8 Å². The van der Waals surface area contributed by atoms with E-state index < -0.39 is 114 Å². The number of benzene rings is 1. The number of ether oxygens (including phenoxy) is 9. The first kappa shape index (κ1) is 57.8. The van der Waals surface area contributed by atoms with Crippen LogP contribution in [0.5, 0.6) is 0 Å². The van der Waals surface area contributed by atoms with Crippen LogP contribution < -0.4 is 10.6 Å². The summed E-state index contributed by atoms with van der Waals surface area (Å²) < 4.78 is 56.5. The maximum Gasteiger partial charge on any atom is 0.509 e. The van der Waals surface area contributed by atoms with Gasteiger partial charge in [0.15, 0.2) is 30.4 Å². The second-order valence-electron chi connectivity index (χ2n) is 20.8. The summed E-state index contributed by atoms with van der Waals surface area (Å²) in [5, 5.41) is 30.5. The van der Waals surface area contributed by atoms with E-state index in [-0.39, 0.29) is 61.0 Å². The van der Waals surface area contributed by atoms with Crippen molar-refractivity contribution < 1.29 is 72.0 Å². The SMILES string of the molecule is CC[C@H]1OC(=O)[C@H](C)[C@@H](O[C@H]2C[C@@](C)(OC)[C@@H](OC(=O)NCCNC(=O)c3ccc(Cl)cc3Cl)[C@H](C)O2)[C@H](C)[C@@H](O[C@@H]2O[C@H](C)C[C@H](N(C)C)[C@H]2O)[C@](C)(O)C[C@@H](C)CN(C)[C@H](C)[C@H]2OC(=O)O[C@@]21C. The maximum atomic E-state index is 14.7. The Morgan fingerprint density at radius 2 is 1.63 bits per heavy atom. The molecule has 4 aliphatic heterocycles. The van der Waals surface area contributed by atoms with Gasteiger partial charge in [-0.15, -0.1) is 0 Å². The molecule has 0 spiro atoms. The summed E-state index contributed by atoms with van der Waals surface area (Å²) >= 11 is 12.1. The number of likely N-dealkylation sites (N-methyl/N-ethyl adjacent to an activating group) is 2. The molecule has 21 heteroatoms. The number of halogens is 2. The topological polar surface area (TPSA) is 222 Å². The summed E-state index contributed by atoms with van der Waals surface area (Å²) in [6.07, 6.45) is -10.1. The zero-order valence-corrected chi connectivity index (χ0v) is 44.7. The highest BCUT2D eigenvalue weighted by Crippen LogP contribution is 2.42. The number of carbonyl (C=O) groups is 4. The van der Waals surface area contributed by atoms with Gasteiger partial charge in [-0.2, -0.15) is 0 Å². The van der Waals surface area contributed by atoms with Crippen molar-refractivity contribution in [2.24, 2.45) is 17.8 Å². The third-order valence-electron chi connectivity index (χ3n) is 14.7. The van der Waals surface area contributed by atoms with Crippen LogP contribution in [0.25, 0.3) is 0 Å². The number of methoxy groups -OCH3 is 1. The number of nitrogens with one attached hydrogen (secondary N) is 2. The summed E-state index contributed by atoms with van der Waals surface area (Å²) in [5.41, 5.74) is -3.97. The lowest BCUT2D eigenvalue weighted by molar-refractivity contribution is -0.317. The molecule has 2 amide bonds. The van der Waals surface area contributed by atoms with Crippen molar-refractivity contribution >= 4 is 47.3 Å². The number of alkyl carbamates (subject to hydrolysis) is 1. The Hall–Kier alpha value is -3.08. The molecule has 70 heavy (non-hydrogen) atoms. The first-order chi connectivity index (χ1) is 32.7. The van der Waals surface area contributed by atoms with Crippen molar-refractivity contribution in [3.05, 3.63) is 33.8 Å². The summed E-state index contributed by atoms with van der Waals surface area (Å²) in [4.78, 5) is 57.5. The molecule has 0 aliphatic carbocycles. The first-order valence-corrected chi connectivity index (χ1v) is 25.1. The Morgan fingerprint density at radius 1 is 0.957 bits per heavy atom. The van der Waals surface area contributed by atoms with E-state index in [1.807, 2.05) is 58.6 Å². The lowest BCUT2D eigenvalue weighted by Crippen LogP contribution is -2.61. The van der Waals surface area contributed by atoms with Crippen LogP contribution >= 0.6 is 23.2 Å². The third-order valence-corrected chi connectivity index (χ3v) is 15.3. The number of fused-ring (bicyclic) bond motifs is 1. The number of hydrogen-bond donors (Lipinski definition) is 4. The molecule has 4 saturated heterocycles. The zero-order valence-electron chi connectivity index (χ0n) is 43.2. The van der Waals surface area contributed by atoms with E-state index in [1.165, 1.54) is 19.2 Å². The van der Waals surface area contributed by atoms with Crippen LogP contribution in [0.15, 0.2) is 18.2 Å². The number of aliphatic hydroxyl groups excluding tert-OH is 1. The average Bonchev–Trinajstić information content (AvgIpc) is 3.59. The van der Waals surface area contributed by atoms with Crippen LogP contribution in [-0.4, -0.2) is 182 Å². The largest absolute Gasteiger partial charge is 0.509 e. The molecule has 398 valence electrons. The van der Waals surface area contributed by atoms with Crippen molar-refractivity contribution in [3.8, 4) is 0 Å². The molecule has 18 atom stereocenters. The average molecular weight is 1030 g/mol. The summed E-state index contributed by atoms with van der Waals surface area (Å²) in [6.45, 7) is 18.5. The first-order valence-electron chi connectivity index (χ1n) is 24.4. The molecule has 0 saturated carbocycles. The summed E-state index contributed by atoms with van der Waals surface area (Å²) in [6, 6.07) is 3.79. The number of rotatable bonds is 12.